The van der Waals surface area contributed by atoms with Gasteiger partial charge in [-0.1, -0.05) is 30.3 Å². The van der Waals surface area contributed by atoms with Gasteiger partial charge in [0.05, 0.1) is 18.4 Å². The molecule has 26 heavy (non-hydrogen) atoms. The second-order valence-corrected chi connectivity index (χ2v) is 6.89. The number of hydrogen-bond acceptors (Lipinski definition) is 3. The number of carbonyl (C=O) groups excluding carboxylic acids is 1. The lowest BCUT2D eigenvalue weighted by Gasteiger charge is -2.33. The molecule has 2 heterocycles. The van der Waals surface area contributed by atoms with Crippen molar-refractivity contribution in [3.8, 4) is 0 Å². The van der Waals surface area contributed by atoms with Gasteiger partial charge in [-0.25, -0.2) is 4.79 Å². The van der Waals surface area contributed by atoms with Crippen LogP contribution in [0.4, 0.5) is 4.79 Å². The van der Waals surface area contributed by atoms with Crippen LogP contribution in [0.1, 0.15) is 28.9 Å². The molecule has 1 unspecified atom stereocenters. The number of aryl methyl sites for hydroxylation is 3. The van der Waals surface area contributed by atoms with E-state index in [0.29, 0.717) is 26.2 Å². The number of nitrogens with one attached hydrogen (secondary N) is 1. The van der Waals surface area contributed by atoms with Crippen molar-refractivity contribution in [3.05, 3.63) is 52.8 Å². The van der Waals surface area contributed by atoms with Crippen molar-refractivity contribution in [1.29, 1.82) is 0 Å². The van der Waals surface area contributed by atoms with Gasteiger partial charge >= 0.3 is 6.03 Å². The minimum Gasteiger partial charge on any atom is -0.375 e. The van der Waals surface area contributed by atoms with Crippen LogP contribution in [0.25, 0.3) is 0 Å². The Morgan fingerprint density at radius 3 is 2.77 bits per heavy atom. The monoisotopic (exact) mass is 356 g/mol. The Labute approximate surface area is 155 Å². The molecule has 1 aliphatic heterocycles. The number of benzene rings is 1. The summed E-state index contributed by atoms with van der Waals surface area (Å²) in [5.74, 6) is 0. The van der Waals surface area contributed by atoms with Crippen molar-refractivity contribution in [1.82, 2.24) is 20.0 Å². The maximum Gasteiger partial charge on any atom is 0.317 e. The van der Waals surface area contributed by atoms with Crippen LogP contribution in [0.2, 0.25) is 0 Å². The summed E-state index contributed by atoms with van der Waals surface area (Å²) in [7, 11) is 1.92. The van der Waals surface area contributed by atoms with Crippen molar-refractivity contribution in [2.24, 2.45) is 7.05 Å². The van der Waals surface area contributed by atoms with Gasteiger partial charge in [0.1, 0.15) is 0 Å². The topological polar surface area (TPSA) is 59.4 Å². The van der Waals surface area contributed by atoms with Gasteiger partial charge in [-0.3, -0.25) is 4.68 Å². The highest BCUT2D eigenvalue weighted by Crippen LogP contribution is 2.14. The Morgan fingerprint density at radius 1 is 1.31 bits per heavy atom. The molecule has 0 spiro atoms. The van der Waals surface area contributed by atoms with E-state index in [9.17, 15) is 4.79 Å². The SMILES string of the molecule is Cc1nn(C)c(C)c1CNC(=O)N1CCOC(CCc2ccccc2)C1. The maximum atomic E-state index is 12.6. The number of rotatable bonds is 5. The van der Waals surface area contributed by atoms with E-state index in [1.807, 2.05) is 36.5 Å². The summed E-state index contributed by atoms with van der Waals surface area (Å²) in [5, 5.41) is 7.43. The van der Waals surface area contributed by atoms with Crippen LogP contribution in [0.15, 0.2) is 30.3 Å². The molecule has 2 amide bonds. The highest BCUT2D eigenvalue weighted by Gasteiger charge is 2.24. The number of aromatic nitrogens is 2. The van der Waals surface area contributed by atoms with Gasteiger partial charge in [0.25, 0.3) is 0 Å². The molecule has 6 heteroatoms. The number of nitrogens with zero attached hydrogens (tertiary/aromatic N) is 3. The molecular formula is C20H28N4O2. The fourth-order valence-corrected chi connectivity index (χ4v) is 3.40. The molecular weight excluding hydrogens is 328 g/mol. The number of amides is 2. The van der Waals surface area contributed by atoms with Gasteiger partial charge in [0.15, 0.2) is 0 Å². The van der Waals surface area contributed by atoms with E-state index in [4.69, 9.17) is 4.74 Å². The van der Waals surface area contributed by atoms with Crippen molar-refractivity contribution >= 4 is 6.03 Å². The lowest BCUT2D eigenvalue weighted by atomic mass is 10.1. The number of morpholine rings is 1. The van der Waals surface area contributed by atoms with Crippen LogP contribution >= 0.6 is 0 Å². The summed E-state index contributed by atoms with van der Waals surface area (Å²) in [6, 6.07) is 10.4. The number of ether oxygens (including phenoxy) is 1. The quantitative estimate of drug-likeness (QED) is 0.896. The average Bonchev–Trinajstić information content (AvgIpc) is 2.91. The number of hydrogen-bond donors (Lipinski definition) is 1. The van der Waals surface area contributed by atoms with Crippen LogP contribution in [-0.4, -0.2) is 46.5 Å². The molecule has 1 aromatic carbocycles. The first-order chi connectivity index (χ1) is 12.5. The van der Waals surface area contributed by atoms with E-state index in [2.05, 4.69) is 34.7 Å². The molecule has 3 rings (SSSR count). The van der Waals surface area contributed by atoms with Gasteiger partial charge in [0, 0.05) is 37.9 Å². The summed E-state index contributed by atoms with van der Waals surface area (Å²) in [5.41, 5.74) is 4.45. The average molecular weight is 356 g/mol. The molecule has 0 saturated carbocycles. The molecule has 6 nitrogen and oxygen atoms in total. The van der Waals surface area contributed by atoms with E-state index in [0.717, 1.165) is 29.8 Å². The second-order valence-electron chi connectivity index (χ2n) is 6.89. The highest BCUT2D eigenvalue weighted by atomic mass is 16.5. The molecule has 0 bridgehead atoms. The van der Waals surface area contributed by atoms with Gasteiger partial charge in [-0.05, 0) is 32.3 Å². The normalized spacial score (nSPS) is 17.3. The molecule has 1 aromatic heterocycles. The predicted octanol–water partition coefficient (Wildman–Crippen LogP) is 2.58. The Morgan fingerprint density at radius 2 is 2.08 bits per heavy atom. The molecule has 0 aliphatic carbocycles. The Bertz CT molecular complexity index is 742. The Kier molecular flexibility index (Phi) is 5.93. The third-order valence-electron chi connectivity index (χ3n) is 5.10. The van der Waals surface area contributed by atoms with Crippen LogP contribution in [0.5, 0.6) is 0 Å². The third-order valence-corrected chi connectivity index (χ3v) is 5.10. The van der Waals surface area contributed by atoms with E-state index in [1.54, 1.807) is 0 Å². The van der Waals surface area contributed by atoms with Gasteiger partial charge in [-0.15, -0.1) is 0 Å². The highest BCUT2D eigenvalue weighted by molar-refractivity contribution is 5.74. The van der Waals surface area contributed by atoms with Crippen LogP contribution in [0.3, 0.4) is 0 Å². The summed E-state index contributed by atoms with van der Waals surface area (Å²) in [4.78, 5) is 14.4. The molecule has 1 atom stereocenters. The molecule has 1 aliphatic rings. The third kappa shape index (κ3) is 4.43. The fourth-order valence-electron chi connectivity index (χ4n) is 3.40. The van der Waals surface area contributed by atoms with Gasteiger partial charge < -0.3 is 15.0 Å². The van der Waals surface area contributed by atoms with Crippen molar-refractivity contribution in [2.45, 2.75) is 39.3 Å². The zero-order chi connectivity index (χ0) is 18.5. The number of urea groups is 1. The largest absolute Gasteiger partial charge is 0.375 e. The minimum absolute atomic E-state index is 0.0272. The van der Waals surface area contributed by atoms with E-state index < -0.39 is 0 Å². The molecule has 1 N–H and O–H groups in total. The van der Waals surface area contributed by atoms with Crippen LogP contribution < -0.4 is 5.32 Å². The summed E-state index contributed by atoms with van der Waals surface area (Å²) >= 11 is 0. The standard InChI is InChI=1S/C20H28N4O2/c1-15-19(16(2)23(3)22-15)13-21-20(25)24-11-12-26-18(14-24)10-9-17-7-5-4-6-8-17/h4-8,18H,9-14H2,1-3H3,(H,21,25). The summed E-state index contributed by atoms with van der Waals surface area (Å²) in [6.45, 7) is 6.38. The second kappa shape index (κ2) is 8.36. The van der Waals surface area contributed by atoms with E-state index in [-0.39, 0.29) is 12.1 Å². The maximum absolute atomic E-state index is 12.6. The zero-order valence-electron chi connectivity index (χ0n) is 15.9. The van der Waals surface area contributed by atoms with Crippen molar-refractivity contribution < 1.29 is 9.53 Å². The molecule has 1 fully saturated rings. The van der Waals surface area contributed by atoms with Crippen molar-refractivity contribution in [2.75, 3.05) is 19.7 Å². The molecule has 1 saturated heterocycles. The Hall–Kier alpha value is -2.34. The fraction of sp³-hybridized carbons (Fsp3) is 0.500. The van der Waals surface area contributed by atoms with Crippen LogP contribution in [0, 0.1) is 13.8 Å². The lowest BCUT2D eigenvalue weighted by molar-refractivity contribution is -0.0176. The number of carbonyl (C=O) groups is 1. The predicted molar refractivity (Wildman–Crippen MR) is 101 cm³/mol. The summed E-state index contributed by atoms with van der Waals surface area (Å²) in [6.07, 6.45) is 1.99. The lowest BCUT2D eigenvalue weighted by Crippen LogP contribution is -2.49. The zero-order valence-corrected chi connectivity index (χ0v) is 15.9. The molecule has 0 radical (unpaired) electrons. The first kappa shape index (κ1) is 18.5. The van der Waals surface area contributed by atoms with Crippen LogP contribution in [-0.2, 0) is 24.8 Å². The van der Waals surface area contributed by atoms with Crippen molar-refractivity contribution in [3.63, 3.8) is 0 Å². The Balaban J connectivity index is 1.49. The first-order valence-corrected chi connectivity index (χ1v) is 9.22. The minimum atomic E-state index is -0.0272. The molecule has 140 valence electrons. The van der Waals surface area contributed by atoms with E-state index in [1.165, 1.54) is 5.56 Å². The van der Waals surface area contributed by atoms with Gasteiger partial charge in [0.2, 0.25) is 0 Å². The smallest absolute Gasteiger partial charge is 0.317 e. The van der Waals surface area contributed by atoms with E-state index >= 15 is 0 Å². The first-order valence-electron chi connectivity index (χ1n) is 9.22. The molecule has 2 aromatic rings. The van der Waals surface area contributed by atoms with Gasteiger partial charge in [-0.2, -0.15) is 5.10 Å². The summed E-state index contributed by atoms with van der Waals surface area (Å²) < 4.78 is 7.70.